The number of ether oxygens (including phenoxy) is 2. The molecular formula is C14H20ClN5O4. The number of nitrogens with one attached hydrogen (secondary N) is 1. The number of aromatic nitrogens is 2. The molecule has 0 bridgehead atoms. The van der Waals surface area contributed by atoms with E-state index in [4.69, 9.17) is 32.5 Å². The second-order valence-electron chi connectivity index (χ2n) is 6.45. The van der Waals surface area contributed by atoms with Crippen molar-refractivity contribution in [3.8, 4) is 0 Å². The van der Waals surface area contributed by atoms with Crippen LogP contribution in [-0.4, -0.2) is 51.6 Å². The van der Waals surface area contributed by atoms with E-state index < -0.39 is 11.7 Å². The molecule has 4 unspecified atom stereocenters. The van der Waals surface area contributed by atoms with Crippen LogP contribution in [0.25, 0.3) is 0 Å². The van der Waals surface area contributed by atoms with Gasteiger partial charge in [0, 0.05) is 12.5 Å². The van der Waals surface area contributed by atoms with Crippen LogP contribution in [0.1, 0.15) is 30.6 Å². The molecule has 24 heavy (non-hydrogen) atoms. The molecule has 2 heterocycles. The molecular weight excluding hydrogens is 338 g/mol. The number of fused-ring (bicyclic) bond motifs is 1. The van der Waals surface area contributed by atoms with Crippen molar-refractivity contribution < 1.29 is 19.4 Å². The fourth-order valence-electron chi connectivity index (χ4n) is 3.35. The number of anilines is 2. The molecule has 132 valence electrons. The minimum absolute atomic E-state index is 0.0336. The van der Waals surface area contributed by atoms with Crippen LogP contribution >= 0.6 is 11.6 Å². The predicted octanol–water partition coefficient (Wildman–Crippen LogP) is 0.124. The smallest absolute Gasteiger partial charge is 0.255 e. The Morgan fingerprint density at radius 1 is 1.42 bits per heavy atom. The molecule has 4 atom stereocenters. The van der Waals surface area contributed by atoms with Crippen LogP contribution in [0, 0.1) is 5.92 Å². The quantitative estimate of drug-likeness (QED) is 0.556. The average molecular weight is 358 g/mol. The van der Waals surface area contributed by atoms with Crippen molar-refractivity contribution in [3.05, 3.63) is 10.7 Å². The van der Waals surface area contributed by atoms with E-state index >= 15 is 0 Å². The monoisotopic (exact) mass is 357 g/mol. The second-order valence-corrected chi connectivity index (χ2v) is 6.81. The highest BCUT2D eigenvalue weighted by molar-refractivity contribution is 6.33. The van der Waals surface area contributed by atoms with Gasteiger partial charge >= 0.3 is 0 Å². The van der Waals surface area contributed by atoms with Gasteiger partial charge in [0.15, 0.2) is 5.79 Å². The summed E-state index contributed by atoms with van der Waals surface area (Å²) in [4.78, 5) is 19.4. The molecule has 1 saturated heterocycles. The largest absolute Gasteiger partial charge is 0.396 e. The summed E-state index contributed by atoms with van der Waals surface area (Å²) >= 11 is 5.96. The molecule has 1 aromatic rings. The fourth-order valence-corrected chi connectivity index (χ4v) is 3.62. The zero-order chi connectivity index (χ0) is 17.6. The molecule has 1 aliphatic carbocycles. The third-order valence-corrected chi connectivity index (χ3v) is 4.54. The van der Waals surface area contributed by atoms with Crippen LogP contribution < -0.4 is 16.8 Å². The van der Waals surface area contributed by atoms with Gasteiger partial charge in [-0.2, -0.15) is 4.98 Å². The molecule has 0 spiro atoms. The number of rotatable bonds is 4. The number of nitrogens with two attached hydrogens (primary N) is 2. The first-order valence-corrected chi connectivity index (χ1v) is 7.95. The molecule has 6 N–H and O–H groups in total. The van der Waals surface area contributed by atoms with Gasteiger partial charge < -0.3 is 31.4 Å². The maximum atomic E-state index is 11.7. The van der Waals surface area contributed by atoms with Crippen molar-refractivity contribution in [2.75, 3.05) is 17.7 Å². The summed E-state index contributed by atoms with van der Waals surface area (Å²) in [7, 11) is 0. The number of carbonyl (C=O) groups is 1. The van der Waals surface area contributed by atoms with Crippen LogP contribution in [0.5, 0.6) is 0 Å². The van der Waals surface area contributed by atoms with Gasteiger partial charge in [-0.3, -0.25) is 4.79 Å². The number of hydrogen-bond acceptors (Lipinski definition) is 8. The Hall–Kier alpha value is -1.68. The highest BCUT2D eigenvalue weighted by Gasteiger charge is 2.54. The van der Waals surface area contributed by atoms with Crippen LogP contribution in [0.4, 0.5) is 11.8 Å². The first-order chi connectivity index (χ1) is 11.2. The summed E-state index contributed by atoms with van der Waals surface area (Å²) in [5, 5.41) is 12.6. The van der Waals surface area contributed by atoms with E-state index in [0.29, 0.717) is 6.42 Å². The summed E-state index contributed by atoms with van der Waals surface area (Å²) in [6.45, 7) is 3.59. The standard InChI is InChI=1S/C14H20ClN5O4/c1-14(2)23-8-5(4-21)3-6(9(8)24-14)18-12-7(11(16)22)10(15)19-13(17)20-12/h5-6,8-9,21H,3-4H2,1-2H3,(H2,16,22)(H3,17,18,19,20). The number of nitrogens with zero attached hydrogens (tertiary/aromatic N) is 2. The maximum Gasteiger partial charge on any atom is 0.255 e. The Balaban J connectivity index is 1.90. The number of primary amides is 1. The van der Waals surface area contributed by atoms with Crippen LogP contribution in [-0.2, 0) is 9.47 Å². The van der Waals surface area contributed by atoms with Crippen molar-refractivity contribution in [3.63, 3.8) is 0 Å². The van der Waals surface area contributed by atoms with Gasteiger partial charge in [-0.1, -0.05) is 11.6 Å². The van der Waals surface area contributed by atoms with E-state index in [9.17, 15) is 9.90 Å². The predicted molar refractivity (Wildman–Crippen MR) is 86.4 cm³/mol. The number of halogens is 1. The lowest BCUT2D eigenvalue weighted by molar-refractivity contribution is -0.158. The topological polar surface area (TPSA) is 146 Å². The van der Waals surface area contributed by atoms with Gasteiger partial charge in [-0.05, 0) is 20.3 Å². The Morgan fingerprint density at radius 3 is 2.71 bits per heavy atom. The Morgan fingerprint density at radius 2 is 2.08 bits per heavy atom. The van der Waals surface area contributed by atoms with Crippen LogP contribution in [0.2, 0.25) is 5.15 Å². The van der Waals surface area contributed by atoms with Crippen molar-refractivity contribution >= 4 is 29.3 Å². The fraction of sp³-hybridized carbons (Fsp3) is 0.643. The molecule has 1 aromatic heterocycles. The number of carbonyl (C=O) groups excluding carboxylic acids is 1. The zero-order valence-corrected chi connectivity index (χ0v) is 14.1. The zero-order valence-electron chi connectivity index (χ0n) is 13.3. The van der Waals surface area contributed by atoms with E-state index in [-0.39, 0.29) is 53.3 Å². The molecule has 1 saturated carbocycles. The molecule has 1 aliphatic heterocycles. The normalized spacial score (nSPS) is 31.0. The van der Waals surface area contributed by atoms with Gasteiger partial charge in [-0.15, -0.1) is 0 Å². The number of aliphatic hydroxyl groups is 1. The molecule has 0 radical (unpaired) electrons. The first kappa shape index (κ1) is 17.2. The van der Waals surface area contributed by atoms with Crippen molar-refractivity contribution in [2.24, 2.45) is 11.7 Å². The summed E-state index contributed by atoms with van der Waals surface area (Å²) in [5.41, 5.74) is 10.9. The first-order valence-electron chi connectivity index (χ1n) is 7.57. The molecule has 2 aliphatic rings. The Bertz CT molecular complexity index is 671. The lowest BCUT2D eigenvalue weighted by atomic mass is 10.1. The highest BCUT2D eigenvalue weighted by Crippen LogP contribution is 2.42. The van der Waals surface area contributed by atoms with Crippen molar-refractivity contribution in [1.82, 2.24) is 9.97 Å². The number of nitrogen functional groups attached to an aromatic ring is 1. The molecule has 10 heteroatoms. The summed E-state index contributed by atoms with van der Waals surface area (Å²) in [6.07, 6.45) is 0.00350. The molecule has 9 nitrogen and oxygen atoms in total. The van der Waals surface area contributed by atoms with Gasteiger partial charge in [0.1, 0.15) is 22.6 Å². The third-order valence-electron chi connectivity index (χ3n) is 4.27. The molecule has 3 rings (SSSR count). The van der Waals surface area contributed by atoms with Crippen LogP contribution in [0.15, 0.2) is 0 Å². The number of amides is 1. The van der Waals surface area contributed by atoms with E-state index in [0.717, 1.165) is 0 Å². The van der Waals surface area contributed by atoms with Crippen molar-refractivity contribution in [1.29, 1.82) is 0 Å². The average Bonchev–Trinajstić information content (AvgIpc) is 2.91. The molecule has 0 aromatic carbocycles. The lowest BCUT2D eigenvalue weighted by Gasteiger charge is -2.24. The second kappa shape index (κ2) is 5.99. The third kappa shape index (κ3) is 3.00. The molecule has 2 fully saturated rings. The maximum absolute atomic E-state index is 11.7. The number of aliphatic hydroxyl groups excluding tert-OH is 1. The molecule has 1 amide bonds. The van der Waals surface area contributed by atoms with E-state index in [1.165, 1.54) is 0 Å². The minimum atomic E-state index is -0.764. The van der Waals surface area contributed by atoms with Crippen LogP contribution in [0.3, 0.4) is 0 Å². The van der Waals surface area contributed by atoms with Gasteiger partial charge in [0.2, 0.25) is 5.95 Å². The van der Waals surface area contributed by atoms with E-state index in [2.05, 4.69) is 15.3 Å². The van der Waals surface area contributed by atoms with E-state index in [1.807, 2.05) is 13.8 Å². The van der Waals surface area contributed by atoms with E-state index in [1.54, 1.807) is 0 Å². The van der Waals surface area contributed by atoms with Gasteiger partial charge in [-0.25, -0.2) is 4.98 Å². The van der Waals surface area contributed by atoms with Gasteiger partial charge in [0.25, 0.3) is 5.91 Å². The summed E-state index contributed by atoms with van der Waals surface area (Å²) < 4.78 is 11.8. The Kier molecular flexibility index (Phi) is 4.28. The SMILES string of the molecule is CC1(C)OC2C(CO)CC(Nc3nc(N)nc(Cl)c3C(N)=O)C2O1. The van der Waals surface area contributed by atoms with Gasteiger partial charge in [0.05, 0.1) is 12.1 Å². The summed E-state index contributed by atoms with van der Waals surface area (Å²) in [5.74, 6) is -1.54. The minimum Gasteiger partial charge on any atom is -0.396 e. The summed E-state index contributed by atoms with van der Waals surface area (Å²) in [6, 6.07) is -0.252. The van der Waals surface area contributed by atoms with Crippen molar-refractivity contribution in [2.45, 2.75) is 44.3 Å². The highest BCUT2D eigenvalue weighted by atomic mass is 35.5. The Labute approximate surface area is 143 Å². The number of hydrogen-bond donors (Lipinski definition) is 4. The lowest BCUT2D eigenvalue weighted by Crippen LogP contribution is -2.35.